The van der Waals surface area contributed by atoms with Crippen LogP contribution in [0.15, 0.2) is 24.3 Å². The smallest absolute Gasteiger partial charge is 0.236 e. The molecule has 2 aliphatic carbocycles. The van der Waals surface area contributed by atoms with Crippen LogP contribution in [0.2, 0.25) is 0 Å². The third kappa shape index (κ3) is 1.68. The Morgan fingerprint density at radius 3 is 2.64 bits per heavy atom. The molecule has 4 rings (SSSR count). The van der Waals surface area contributed by atoms with Gasteiger partial charge in [0.25, 0.3) is 0 Å². The highest BCUT2D eigenvalue weighted by atomic mass is 16.2. The number of amides is 1. The van der Waals surface area contributed by atoms with E-state index in [1.165, 1.54) is 11.1 Å². The summed E-state index contributed by atoms with van der Waals surface area (Å²) in [5.74, 6) is 0.682. The molecule has 22 heavy (non-hydrogen) atoms. The lowest BCUT2D eigenvalue weighted by Gasteiger charge is -2.37. The number of fused-ring (bicyclic) bond motifs is 3. The van der Waals surface area contributed by atoms with Crippen molar-refractivity contribution in [2.75, 3.05) is 6.54 Å². The minimum atomic E-state index is -0.708. The highest BCUT2D eigenvalue weighted by molar-refractivity contribution is 6.10. The van der Waals surface area contributed by atoms with Crippen LogP contribution in [0.25, 0.3) is 0 Å². The summed E-state index contributed by atoms with van der Waals surface area (Å²) in [6.07, 6.45) is 3.46. The molecule has 3 nitrogen and oxygen atoms in total. The van der Waals surface area contributed by atoms with Gasteiger partial charge in [0.05, 0.1) is 0 Å². The molecule has 0 radical (unpaired) electrons. The van der Waals surface area contributed by atoms with Crippen molar-refractivity contribution in [3.8, 4) is 0 Å². The Morgan fingerprint density at radius 2 is 1.95 bits per heavy atom. The van der Waals surface area contributed by atoms with Gasteiger partial charge in [-0.05, 0) is 42.7 Å². The maximum Gasteiger partial charge on any atom is 0.236 e. The van der Waals surface area contributed by atoms with E-state index < -0.39 is 5.41 Å². The molecule has 3 aliphatic rings. The van der Waals surface area contributed by atoms with Crippen molar-refractivity contribution in [3.05, 3.63) is 35.4 Å². The normalized spacial score (nSPS) is 32.2. The van der Waals surface area contributed by atoms with Gasteiger partial charge in [-0.2, -0.15) is 0 Å². The third-order valence-electron chi connectivity index (χ3n) is 6.38. The minimum absolute atomic E-state index is 0.0973. The first kappa shape index (κ1) is 14.0. The number of carbonyl (C=O) groups excluding carboxylic acids is 2. The van der Waals surface area contributed by atoms with Gasteiger partial charge in [-0.25, -0.2) is 0 Å². The van der Waals surface area contributed by atoms with Crippen LogP contribution in [0.1, 0.15) is 44.2 Å². The van der Waals surface area contributed by atoms with E-state index in [1.54, 1.807) is 0 Å². The van der Waals surface area contributed by atoms with E-state index in [0.717, 1.165) is 32.2 Å². The molecule has 1 aromatic rings. The maximum atomic E-state index is 13.2. The van der Waals surface area contributed by atoms with Gasteiger partial charge in [-0.1, -0.05) is 38.1 Å². The first-order chi connectivity index (χ1) is 10.4. The molecular weight excluding hydrogens is 274 g/mol. The average Bonchev–Trinajstić information content (AvgIpc) is 3.06. The molecule has 1 heterocycles. The number of nitrogens with zero attached hydrogens (tertiary/aromatic N) is 1. The molecule has 0 spiro atoms. The molecule has 2 saturated carbocycles. The second-order valence-electron chi connectivity index (χ2n) is 7.82. The summed E-state index contributed by atoms with van der Waals surface area (Å²) in [5, 5.41) is 0. The molecule has 2 fully saturated rings. The maximum absolute atomic E-state index is 13.2. The second kappa shape index (κ2) is 4.43. The zero-order chi connectivity index (χ0) is 15.5. The number of carbonyl (C=O) groups is 2. The van der Waals surface area contributed by atoms with Gasteiger partial charge in [0.2, 0.25) is 5.91 Å². The molecule has 0 aromatic heterocycles. The first-order valence-electron chi connectivity index (χ1n) is 8.36. The molecule has 1 aromatic carbocycles. The van der Waals surface area contributed by atoms with E-state index in [2.05, 4.69) is 18.2 Å². The van der Waals surface area contributed by atoms with Crippen LogP contribution in [-0.4, -0.2) is 23.1 Å². The average molecular weight is 297 g/mol. The van der Waals surface area contributed by atoms with Gasteiger partial charge < -0.3 is 4.90 Å². The van der Waals surface area contributed by atoms with Crippen LogP contribution in [0.5, 0.6) is 0 Å². The molecule has 2 bridgehead atoms. The van der Waals surface area contributed by atoms with Gasteiger partial charge >= 0.3 is 0 Å². The summed E-state index contributed by atoms with van der Waals surface area (Å²) in [5.41, 5.74) is 1.55. The summed E-state index contributed by atoms with van der Waals surface area (Å²) < 4.78 is 0. The molecule has 116 valence electrons. The summed E-state index contributed by atoms with van der Waals surface area (Å²) in [6, 6.07) is 8.33. The van der Waals surface area contributed by atoms with Gasteiger partial charge in [-0.15, -0.1) is 0 Å². The number of Topliss-reactive ketones (excluding diaryl/α,β-unsaturated/α-hetero) is 1. The summed E-state index contributed by atoms with van der Waals surface area (Å²) in [6.45, 7) is 5.46. The third-order valence-corrected chi connectivity index (χ3v) is 6.38. The summed E-state index contributed by atoms with van der Waals surface area (Å²) >= 11 is 0. The van der Waals surface area contributed by atoms with E-state index in [0.29, 0.717) is 12.5 Å². The van der Waals surface area contributed by atoms with E-state index in [1.807, 2.05) is 24.8 Å². The Hall–Kier alpha value is -1.64. The summed E-state index contributed by atoms with van der Waals surface area (Å²) in [7, 11) is 0. The van der Waals surface area contributed by atoms with E-state index in [-0.39, 0.29) is 17.1 Å². The zero-order valence-corrected chi connectivity index (χ0v) is 13.4. The van der Waals surface area contributed by atoms with Crippen molar-refractivity contribution in [3.63, 3.8) is 0 Å². The van der Waals surface area contributed by atoms with Crippen LogP contribution >= 0.6 is 0 Å². The van der Waals surface area contributed by atoms with Gasteiger partial charge in [0, 0.05) is 18.5 Å². The van der Waals surface area contributed by atoms with Crippen LogP contribution in [0.3, 0.4) is 0 Å². The first-order valence-corrected chi connectivity index (χ1v) is 8.36. The number of rotatable bonds is 1. The van der Waals surface area contributed by atoms with E-state index in [9.17, 15) is 9.59 Å². The lowest BCUT2D eigenvalue weighted by Crippen LogP contribution is -2.50. The largest absolute Gasteiger partial charge is 0.337 e. The lowest BCUT2D eigenvalue weighted by atomic mass is 9.70. The Morgan fingerprint density at radius 1 is 1.23 bits per heavy atom. The van der Waals surface area contributed by atoms with Crippen molar-refractivity contribution in [1.82, 2.24) is 4.90 Å². The van der Waals surface area contributed by atoms with Gasteiger partial charge in [0.15, 0.2) is 5.78 Å². The molecule has 3 heteroatoms. The fourth-order valence-electron chi connectivity index (χ4n) is 4.93. The van der Waals surface area contributed by atoms with E-state index in [4.69, 9.17) is 0 Å². The van der Waals surface area contributed by atoms with Crippen LogP contribution in [-0.2, 0) is 22.6 Å². The van der Waals surface area contributed by atoms with Gasteiger partial charge in [0.1, 0.15) is 5.41 Å². The second-order valence-corrected chi connectivity index (χ2v) is 7.82. The molecule has 1 aliphatic heterocycles. The number of benzene rings is 1. The fraction of sp³-hybridized carbons (Fsp3) is 0.579. The van der Waals surface area contributed by atoms with Crippen molar-refractivity contribution in [2.24, 2.45) is 16.7 Å². The summed E-state index contributed by atoms with van der Waals surface area (Å²) in [4.78, 5) is 28.0. The Labute approximate surface area is 131 Å². The SMILES string of the molecule is CC1(C)C(=O)C2(C(=O)N3CCc4ccccc4C3)CCC1C2. The quantitative estimate of drug-likeness (QED) is 0.747. The van der Waals surface area contributed by atoms with Crippen LogP contribution in [0.4, 0.5) is 0 Å². The van der Waals surface area contributed by atoms with Crippen LogP contribution < -0.4 is 0 Å². The Bertz CT molecular complexity index is 663. The number of hydrogen-bond acceptors (Lipinski definition) is 2. The molecule has 1 amide bonds. The molecule has 2 unspecified atom stereocenters. The van der Waals surface area contributed by atoms with Crippen molar-refractivity contribution >= 4 is 11.7 Å². The van der Waals surface area contributed by atoms with Crippen molar-refractivity contribution in [1.29, 1.82) is 0 Å². The molecule has 0 saturated heterocycles. The Balaban J connectivity index is 1.63. The predicted molar refractivity (Wildman–Crippen MR) is 84.1 cm³/mol. The molecule has 2 atom stereocenters. The molecular formula is C19H23NO2. The van der Waals surface area contributed by atoms with Crippen molar-refractivity contribution < 1.29 is 9.59 Å². The molecule has 0 N–H and O–H groups in total. The highest BCUT2D eigenvalue weighted by Gasteiger charge is 2.65. The van der Waals surface area contributed by atoms with Crippen molar-refractivity contribution in [2.45, 2.75) is 46.1 Å². The predicted octanol–water partition coefficient (Wildman–Crippen LogP) is 2.97. The van der Waals surface area contributed by atoms with E-state index >= 15 is 0 Å². The number of ketones is 1. The minimum Gasteiger partial charge on any atom is -0.337 e. The highest BCUT2D eigenvalue weighted by Crippen LogP contribution is 2.60. The lowest BCUT2D eigenvalue weighted by molar-refractivity contribution is -0.152. The standard InChI is InChI=1S/C19H23NO2/c1-18(2)15-7-9-19(11-15,16(18)21)17(22)20-10-8-13-5-3-4-6-14(13)12-20/h3-6,15H,7-12H2,1-2H3. The zero-order valence-electron chi connectivity index (χ0n) is 13.4. The monoisotopic (exact) mass is 297 g/mol. The van der Waals surface area contributed by atoms with Crippen LogP contribution in [0, 0.1) is 16.7 Å². The van der Waals surface area contributed by atoms with Gasteiger partial charge in [-0.3, -0.25) is 9.59 Å². The Kier molecular flexibility index (Phi) is 2.82. The topological polar surface area (TPSA) is 37.4 Å². The number of hydrogen-bond donors (Lipinski definition) is 0. The fourth-order valence-corrected chi connectivity index (χ4v) is 4.93.